The maximum absolute atomic E-state index is 10.6. The highest BCUT2D eigenvalue weighted by Crippen LogP contribution is 2.23. The summed E-state index contributed by atoms with van der Waals surface area (Å²) in [5.41, 5.74) is 0.943. The lowest BCUT2D eigenvalue weighted by molar-refractivity contribution is -0.137. The van der Waals surface area contributed by atoms with Crippen LogP contribution in [0, 0.1) is 0 Å². The molecule has 0 saturated heterocycles. The molecule has 1 unspecified atom stereocenters. The monoisotopic (exact) mass is 307 g/mol. The number of carboxylic acid groups (broad SMARTS) is 1. The highest BCUT2D eigenvalue weighted by molar-refractivity contribution is 9.10. The van der Waals surface area contributed by atoms with Gasteiger partial charge in [0, 0.05) is 16.2 Å². The van der Waals surface area contributed by atoms with Crippen molar-refractivity contribution < 1.29 is 9.90 Å². The van der Waals surface area contributed by atoms with E-state index >= 15 is 0 Å². The molecule has 0 fully saturated rings. The van der Waals surface area contributed by atoms with Crippen LogP contribution < -0.4 is 5.32 Å². The molecule has 0 aliphatic rings. The van der Waals surface area contributed by atoms with Crippen molar-refractivity contribution in [1.29, 1.82) is 0 Å². The van der Waals surface area contributed by atoms with Crippen LogP contribution in [0.5, 0.6) is 0 Å². The third kappa shape index (κ3) is 3.23. The van der Waals surface area contributed by atoms with Gasteiger partial charge in [-0.2, -0.15) is 0 Å². The van der Waals surface area contributed by atoms with Crippen molar-refractivity contribution in [1.82, 2.24) is 0 Å². The predicted molar refractivity (Wildman–Crippen MR) is 77.0 cm³/mol. The van der Waals surface area contributed by atoms with Crippen molar-refractivity contribution in [3.8, 4) is 0 Å². The summed E-state index contributed by atoms with van der Waals surface area (Å²) in [6.07, 6.45) is 0.109. The number of hydrogen-bond donors (Lipinski definition) is 2. The lowest BCUT2D eigenvalue weighted by atomic mass is 10.1. The summed E-state index contributed by atoms with van der Waals surface area (Å²) in [5.74, 6) is -0.792. The Labute approximate surface area is 114 Å². The number of anilines is 1. The van der Waals surface area contributed by atoms with Crippen molar-refractivity contribution >= 4 is 38.4 Å². The Hall–Kier alpha value is -1.55. The predicted octanol–water partition coefficient (Wildman–Crippen LogP) is 3.88. The molecule has 0 spiro atoms. The molecule has 94 valence electrons. The zero-order valence-corrected chi connectivity index (χ0v) is 11.6. The van der Waals surface area contributed by atoms with E-state index in [0.29, 0.717) is 0 Å². The van der Waals surface area contributed by atoms with Crippen LogP contribution >= 0.6 is 15.9 Å². The number of carbonyl (C=O) groups is 1. The van der Waals surface area contributed by atoms with Crippen LogP contribution in [0.3, 0.4) is 0 Å². The largest absolute Gasteiger partial charge is 0.481 e. The molecule has 0 radical (unpaired) electrons. The van der Waals surface area contributed by atoms with Gasteiger partial charge in [0.15, 0.2) is 0 Å². The molecule has 0 heterocycles. The average Bonchev–Trinajstić information content (AvgIpc) is 2.28. The van der Waals surface area contributed by atoms with Gasteiger partial charge < -0.3 is 10.4 Å². The molecule has 0 aliphatic heterocycles. The third-order valence-corrected chi connectivity index (χ3v) is 3.19. The van der Waals surface area contributed by atoms with Crippen molar-refractivity contribution in [2.75, 3.05) is 5.32 Å². The maximum Gasteiger partial charge on any atom is 0.305 e. The number of aliphatic carboxylic acids is 1. The first kappa shape index (κ1) is 12.9. The first-order valence-corrected chi connectivity index (χ1v) is 6.51. The second-order valence-corrected chi connectivity index (χ2v) is 5.27. The topological polar surface area (TPSA) is 49.3 Å². The van der Waals surface area contributed by atoms with Gasteiger partial charge in [0.25, 0.3) is 0 Å². The summed E-state index contributed by atoms with van der Waals surface area (Å²) in [5, 5.41) is 14.2. The minimum Gasteiger partial charge on any atom is -0.481 e. The molecule has 0 amide bonds. The van der Waals surface area contributed by atoms with E-state index in [-0.39, 0.29) is 12.5 Å². The van der Waals surface area contributed by atoms with Crippen LogP contribution in [0.4, 0.5) is 5.69 Å². The standard InChI is InChI=1S/C14H14BrNO2/c1-9(6-14(17)18)16-13-5-3-10-7-12(15)4-2-11(10)8-13/h2-5,7-9,16H,6H2,1H3,(H,17,18). The molecule has 0 aromatic heterocycles. The summed E-state index contributed by atoms with van der Waals surface area (Å²) in [6, 6.07) is 12.0. The molecule has 1 atom stereocenters. The Bertz CT molecular complexity index is 583. The molecule has 4 heteroatoms. The SMILES string of the molecule is CC(CC(=O)O)Nc1ccc2cc(Br)ccc2c1. The molecule has 0 bridgehead atoms. The molecular weight excluding hydrogens is 294 g/mol. The van der Waals surface area contributed by atoms with Crippen molar-refractivity contribution in [2.45, 2.75) is 19.4 Å². The molecule has 2 rings (SSSR count). The fourth-order valence-corrected chi connectivity index (χ4v) is 2.28. The van der Waals surface area contributed by atoms with Gasteiger partial charge in [-0.25, -0.2) is 0 Å². The fourth-order valence-electron chi connectivity index (χ4n) is 1.90. The summed E-state index contributed by atoms with van der Waals surface area (Å²) in [4.78, 5) is 10.6. The molecule has 3 nitrogen and oxygen atoms in total. The van der Waals surface area contributed by atoms with Crippen molar-refractivity contribution in [3.05, 3.63) is 40.9 Å². The van der Waals surface area contributed by atoms with Gasteiger partial charge in [-0.3, -0.25) is 4.79 Å². The number of rotatable bonds is 4. The molecule has 2 aromatic rings. The molecular formula is C14H14BrNO2. The van der Waals surface area contributed by atoms with Gasteiger partial charge in [0.2, 0.25) is 0 Å². The molecule has 18 heavy (non-hydrogen) atoms. The number of nitrogens with one attached hydrogen (secondary N) is 1. The van der Waals surface area contributed by atoms with Gasteiger partial charge in [0.1, 0.15) is 0 Å². The van der Waals surface area contributed by atoms with E-state index in [1.54, 1.807) is 0 Å². The van der Waals surface area contributed by atoms with Gasteiger partial charge in [-0.05, 0) is 42.0 Å². The lowest BCUT2D eigenvalue weighted by Crippen LogP contribution is -2.19. The number of fused-ring (bicyclic) bond motifs is 1. The Kier molecular flexibility index (Phi) is 3.87. The van der Waals surface area contributed by atoms with Crippen LogP contribution in [0.25, 0.3) is 10.8 Å². The normalized spacial score (nSPS) is 12.3. The first-order chi connectivity index (χ1) is 8.54. The Morgan fingerprint density at radius 1 is 1.28 bits per heavy atom. The number of hydrogen-bond acceptors (Lipinski definition) is 2. The fraction of sp³-hybridized carbons (Fsp3) is 0.214. The van der Waals surface area contributed by atoms with Crippen LogP contribution in [-0.4, -0.2) is 17.1 Å². The van der Waals surface area contributed by atoms with Gasteiger partial charge in [0.05, 0.1) is 6.42 Å². The summed E-state index contributed by atoms with van der Waals surface area (Å²) >= 11 is 3.44. The smallest absolute Gasteiger partial charge is 0.305 e. The molecule has 2 aromatic carbocycles. The third-order valence-electron chi connectivity index (χ3n) is 2.70. The zero-order chi connectivity index (χ0) is 13.1. The summed E-state index contributed by atoms with van der Waals surface area (Å²) < 4.78 is 1.05. The number of carboxylic acids is 1. The second-order valence-electron chi connectivity index (χ2n) is 4.35. The minimum absolute atomic E-state index is 0.0876. The summed E-state index contributed by atoms with van der Waals surface area (Å²) in [7, 11) is 0. The first-order valence-electron chi connectivity index (χ1n) is 5.72. The van der Waals surface area contributed by atoms with Crippen LogP contribution in [0.2, 0.25) is 0 Å². The van der Waals surface area contributed by atoms with E-state index in [9.17, 15) is 4.79 Å². The van der Waals surface area contributed by atoms with Crippen LogP contribution in [-0.2, 0) is 4.79 Å². The van der Waals surface area contributed by atoms with E-state index in [0.717, 1.165) is 20.9 Å². The Balaban J connectivity index is 2.20. The molecule has 2 N–H and O–H groups in total. The Morgan fingerprint density at radius 3 is 2.67 bits per heavy atom. The van der Waals surface area contributed by atoms with E-state index < -0.39 is 5.97 Å². The molecule has 0 saturated carbocycles. The van der Waals surface area contributed by atoms with Crippen LogP contribution in [0.15, 0.2) is 40.9 Å². The van der Waals surface area contributed by atoms with Crippen LogP contribution in [0.1, 0.15) is 13.3 Å². The van der Waals surface area contributed by atoms with Crippen molar-refractivity contribution in [2.24, 2.45) is 0 Å². The highest BCUT2D eigenvalue weighted by atomic mass is 79.9. The zero-order valence-electron chi connectivity index (χ0n) is 9.98. The van der Waals surface area contributed by atoms with Crippen molar-refractivity contribution in [3.63, 3.8) is 0 Å². The van der Waals surface area contributed by atoms with E-state index in [1.165, 1.54) is 0 Å². The van der Waals surface area contributed by atoms with Gasteiger partial charge >= 0.3 is 5.97 Å². The average molecular weight is 308 g/mol. The minimum atomic E-state index is -0.792. The van der Waals surface area contributed by atoms with Gasteiger partial charge in [-0.1, -0.05) is 28.1 Å². The van der Waals surface area contributed by atoms with E-state index in [2.05, 4.69) is 27.3 Å². The van der Waals surface area contributed by atoms with E-state index in [1.807, 2.05) is 37.3 Å². The van der Waals surface area contributed by atoms with Gasteiger partial charge in [-0.15, -0.1) is 0 Å². The second kappa shape index (κ2) is 5.40. The highest BCUT2D eigenvalue weighted by Gasteiger charge is 2.07. The maximum atomic E-state index is 10.6. The number of halogens is 1. The summed E-state index contributed by atoms with van der Waals surface area (Å²) in [6.45, 7) is 1.86. The number of benzene rings is 2. The Morgan fingerprint density at radius 2 is 1.94 bits per heavy atom. The lowest BCUT2D eigenvalue weighted by Gasteiger charge is -2.13. The molecule has 0 aliphatic carbocycles. The van der Waals surface area contributed by atoms with E-state index in [4.69, 9.17) is 5.11 Å². The quantitative estimate of drug-likeness (QED) is 0.901.